The Bertz CT molecular complexity index is 2550. The van der Waals surface area contributed by atoms with E-state index in [0.717, 1.165) is 17.7 Å². The first-order valence-electron chi connectivity index (χ1n) is 23.8. The Hall–Kier alpha value is -8.43. The van der Waals surface area contributed by atoms with Gasteiger partial charge in [0, 0.05) is 86.3 Å². The number of rotatable bonds is 26. The number of amides is 10. The molecule has 2 aliphatic rings. The van der Waals surface area contributed by atoms with Crippen molar-refractivity contribution in [3.8, 4) is 0 Å². The number of aromatic nitrogens is 1. The highest BCUT2D eigenvalue weighted by molar-refractivity contribution is 6.13. The van der Waals surface area contributed by atoms with E-state index in [0.29, 0.717) is 83.7 Å². The maximum absolute atomic E-state index is 13.4. The van der Waals surface area contributed by atoms with E-state index in [1.165, 1.54) is 24.5 Å². The third-order valence-electron chi connectivity index (χ3n) is 11.1. The molecule has 0 aliphatic carbocycles. The third-order valence-corrected chi connectivity index (χ3v) is 11.1. The van der Waals surface area contributed by atoms with Crippen molar-refractivity contribution in [2.45, 2.75) is 90.8 Å². The first-order chi connectivity index (χ1) is 34.6. The van der Waals surface area contributed by atoms with E-state index in [1.54, 1.807) is 54.6 Å². The number of primary amides is 1. The van der Waals surface area contributed by atoms with Gasteiger partial charge in [-0.05, 0) is 86.1 Å². The molecule has 22 nitrogen and oxygen atoms in total. The molecule has 0 unspecified atom stereocenters. The number of carbonyl (C=O) groups excluding carboxylic acids is 9. The highest BCUT2D eigenvalue weighted by Crippen LogP contribution is 2.29. The van der Waals surface area contributed by atoms with Crippen molar-refractivity contribution in [3.63, 3.8) is 0 Å². The predicted octanol–water partition coefficient (Wildman–Crippen LogP) is 3.66. The minimum Gasteiger partial charge on any atom is -0.445 e. The minimum absolute atomic E-state index is 0.0322. The summed E-state index contributed by atoms with van der Waals surface area (Å²) in [6.45, 7) is 5.26. The van der Waals surface area contributed by atoms with Gasteiger partial charge in [0.25, 0.3) is 17.7 Å². The van der Waals surface area contributed by atoms with E-state index in [2.05, 4.69) is 41.9 Å². The Balaban J connectivity index is 1.05. The fraction of sp³-hybridized carbons (Fsp3) is 0.380. The van der Waals surface area contributed by atoms with Crippen LogP contribution in [0.3, 0.4) is 0 Å². The number of amidine groups is 1. The van der Waals surface area contributed by atoms with Crippen molar-refractivity contribution in [2.24, 2.45) is 16.5 Å². The standard InChI is InChI=1S/C50H62N12O10/c1-3-20-61(21-4-2)48(69)36-24-34-13-14-35(25-40(34)59-41(51)26-36)46(67)58-38-23-33(27-53-29-38)28-56-50(71)72-31-32-11-15-37(16-12-32)57-47(68)39(9-8-19-54-49(52)70)60-43(64)30-55-42(63)10-6-5-7-22-62-44(65)17-18-45(62)66/h11-18,23-25,27,29,39H,3-10,19-22,26,28,30-31H2,1-2H3,(H2,51,59)(H,55,63)(H,56,71)(H,57,68)(H,58,67)(H,60,64)(H3,52,54,70)/t39-/m0/s1. The van der Waals surface area contributed by atoms with Crippen molar-refractivity contribution in [1.29, 1.82) is 0 Å². The lowest BCUT2D eigenvalue weighted by Gasteiger charge is -2.22. The number of aliphatic imine (C=N–C) groups is 1. The Morgan fingerprint density at radius 1 is 0.806 bits per heavy atom. The number of benzene rings is 2. The van der Waals surface area contributed by atoms with E-state index in [1.807, 2.05) is 18.7 Å². The molecule has 0 saturated heterocycles. The van der Waals surface area contributed by atoms with Crippen LogP contribution in [0, 0.1) is 0 Å². The molecule has 2 aliphatic heterocycles. The molecular formula is C50H62N12O10. The van der Waals surface area contributed by atoms with Crippen molar-refractivity contribution >= 4 is 82.4 Å². The number of anilines is 2. The smallest absolute Gasteiger partial charge is 0.407 e. The molecule has 0 saturated carbocycles. The fourth-order valence-electron chi connectivity index (χ4n) is 7.55. The molecule has 72 heavy (non-hydrogen) atoms. The number of unbranched alkanes of at least 4 members (excludes halogenated alkanes) is 2. The fourth-order valence-corrected chi connectivity index (χ4v) is 7.55. The number of nitrogens with one attached hydrogen (secondary N) is 6. The largest absolute Gasteiger partial charge is 0.445 e. The van der Waals surface area contributed by atoms with Gasteiger partial charge in [0.1, 0.15) is 18.5 Å². The second kappa shape index (κ2) is 27.7. The number of alkyl carbamates (subject to hydrolysis) is 1. The molecule has 382 valence electrons. The molecular weight excluding hydrogens is 929 g/mol. The van der Waals surface area contributed by atoms with E-state index >= 15 is 0 Å². The van der Waals surface area contributed by atoms with Crippen LogP contribution in [0.5, 0.6) is 0 Å². The number of carbonyl (C=O) groups is 9. The van der Waals surface area contributed by atoms with Crippen LogP contribution < -0.4 is 43.4 Å². The summed E-state index contributed by atoms with van der Waals surface area (Å²) in [6.07, 6.45) is 10.4. The van der Waals surface area contributed by atoms with Crippen LogP contribution in [-0.4, -0.2) is 113 Å². The number of fused-ring (bicyclic) bond motifs is 1. The zero-order valence-electron chi connectivity index (χ0n) is 40.4. The summed E-state index contributed by atoms with van der Waals surface area (Å²) in [5, 5.41) is 15.8. The van der Waals surface area contributed by atoms with E-state index < -0.39 is 35.9 Å². The quantitative estimate of drug-likeness (QED) is 0.0422. The van der Waals surface area contributed by atoms with Crippen LogP contribution in [0.4, 0.5) is 26.7 Å². The predicted molar refractivity (Wildman–Crippen MR) is 268 cm³/mol. The average molecular weight is 991 g/mol. The summed E-state index contributed by atoms with van der Waals surface area (Å²) in [5.74, 6) is -2.54. The Morgan fingerprint density at radius 2 is 1.54 bits per heavy atom. The van der Waals surface area contributed by atoms with Gasteiger partial charge in [-0.25, -0.2) is 14.6 Å². The van der Waals surface area contributed by atoms with Crippen LogP contribution in [-0.2, 0) is 46.7 Å². The number of ether oxygens (including phenoxy) is 1. The number of imide groups is 1. The van der Waals surface area contributed by atoms with Crippen molar-refractivity contribution < 1.29 is 47.9 Å². The summed E-state index contributed by atoms with van der Waals surface area (Å²) >= 11 is 0. The second-order valence-corrected chi connectivity index (χ2v) is 17.0. The van der Waals surface area contributed by atoms with Crippen molar-refractivity contribution in [3.05, 3.63) is 101 Å². The van der Waals surface area contributed by atoms with Gasteiger partial charge in [-0.15, -0.1) is 0 Å². The number of nitrogens with zero attached hydrogens (tertiary/aromatic N) is 4. The summed E-state index contributed by atoms with van der Waals surface area (Å²) in [6, 6.07) is 11.3. The monoisotopic (exact) mass is 990 g/mol. The number of hydrogen-bond donors (Lipinski definition) is 8. The highest BCUT2D eigenvalue weighted by atomic mass is 16.5. The summed E-state index contributed by atoms with van der Waals surface area (Å²) in [5.41, 5.74) is 15.3. The molecule has 2 aromatic carbocycles. The van der Waals surface area contributed by atoms with Crippen molar-refractivity contribution in [2.75, 3.05) is 43.4 Å². The molecule has 22 heteroatoms. The molecule has 3 heterocycles. The van der Waals surface area contributed by atoms with E-state index in [-0.39, 0.29) is 81.5 Å². The van der Waals surface area contributed by atoms with Gasteiger partial charge in [-0.2, -0.15) is 0 Å². The molecule has 1 aromatic heterocycles. The lowest BCUT2D eigenvalue weighted by molar-refractivity contribution is -0.137. The zero-order valence-corrected chi connectivity index (χ0v) is 40.4. The van der Waals surface area contributed by atoms with Crippen LogP contribution in [0.25, 0.3) is 6.08 Å². The Morgan fingerprint density at radius 3 is 2.25 bits per heavy atom. The third kappa shape index (κ3) is 17.5. The lowest BCUT2D eigenvalue weighted by Crippen LogP contribution is -2.47. The number of urea groups is 1. The highest BCUT2D eigenvalue weighted by Gasteiger charge is 2.24. The maximum atomic E-state index is 13.4. The van der Waals surface area contributed by atoms with Crippen LogP contribution in [0.2, 0.25) is 0 Å². The molecule has 5 rings (SSSR count). The van der Waals surface area contributed by atoms with Gasteiger partial charge < -0.3 is 53.0 Å². The van der Waals surface area contributed by atoms with Gasteiger partial charge in [0.05, 0.1) is 24.1 Å². The molecule has 3 aromatic rings. The Kier molecular flexibility index (Phi) is 21.0. The molecule has 0 fully saturated rings. The normalized spacial score (nSPS) is 13.1. The molecule has 0 radical (unpaired) electrons. The van der Waals surface area contributed by atoms with Gasteiger partial charge in [-0.3, -0.25) is 43.4 Å². The minimum atomic E-state index is -1.04. The average Bonchev–Trinajstić information content (AvgIpc) is 3.57. The van der Waals surface area contributed by atoms with Crippen LogP contribution in [0.15, 0.2) is 83.6 Å². The molecule has 1 atom stereocenters. The van der Waals surface area contributed by atoms with Gasteiger partial charge in [-0.1, -0.05) is 38.5 Å². The molecule has 10 N–H and O–H groups in total. The number of pyridine rings is 1. The molecule has 0 bridgehead atoms. The van der Waals surface area contributed by atoms with E-state index in [9.17, 15) is 43.2 Å². The van der Waals surface area contributed by atoms with Gasteiger partial charge >= 0.3 is 12.1 Å². The van der Waals surface area contributed by atoms with E-state index in [4.69, 9.17) is 16.2 Å². The topological polar surface area (TPSA) is 319 Å². The van der Waals surface area contributed by atoms with Gasteiger partial charge in [0.15, 0.2) is 0 Å². The summed E-state index contributed by atoms with van der Waals surface area (Å²) in [7, 11) is 0. The Labute approximate surface area is 416 Å². The maximum Gasteiger partial charge on any atom is 0.407 e. The van der Waals surface area contributed by atoms with Crippen molar-refractivity contribution in [1.82, 2.24) is 36.1 Å². The SMILES string of the molecule is CCCN(CCC)C(=O)C1=Cc2ccc(C(=O)Nc3cncc(CNC(=O)OCc4ccc(NC(=O)[C@H](CCCNC(N)=O)NC(=O)CNC(=O)CCCCCN5C(=O)C=CC5=O)cc4)c3)cc2N=C(N)C1. The first kappa shape index (κ1) is 54.5. The summed E-state index contributed by atoms with van der Waals surface area (Å²) < 4.78 is 5.38. The summed E-state index contributed by atoms with van der Waals surface area (Å²) in [4.78, 5) is 124. The first-order valence-corrected chi connectivity index (χ1v) is 23.8. The number of nitrogens with two attached hydrogens (primary N) is 2. The number of hydrogen-bond acceptors (Lipinski definition) is 13. The second-order valence-electron chi connectivity index (χ2n) is 17.0. The lowest BCUT2D eigenvalue weighted by atomic mass is 10.0. The van der Waals surface area contributed by atoms with Gasteiger partial charge in [0.2, 0.25) is 23.6 Å². The zero-order chi connectivity index (χ0) is 52.0. The van der Waals surface area contributed by atoms with Crippen LogP contribution >= 0.6 is 0 Å². The molecule has 10 amide bonds. The molecule has 0 spiro atoms. The van der Waals surface area contributed by atoms with Crippen LogP contribution in [0.1, 0.15) is 98.7 Å².